The molecule has 1 aromatic heterocycles. The Kier molecular flexibility index (Phi) is 7.02. The number of thiophene rings is 1. The SMILES string of the molecule is NCCNC(=O)C1CCCN(C(=O)c2sc3cccc(F)c3c2COc2ccccc2)C1. The summed E-state index contributed by atoms with van der Waals surface area (Å²) in [6.45, 7) is 1.78. The van der Waals surface area contributed by atoms with E-state index in [1.165, 1.54) is 17.4 Å². The van der Waals surface area contributed by atoms with Gasteiger partial charge in [0.2, 0.25) is 5.91 Å². The van der Waals surface area contributed by atoms with Gasteiger partial charge in [-0.15, -0.1) is 11.3 Å². The van der Waals surface area contributed by atoms with Crippen molar-refractivity contribution in [3.8, 4) is 5.75 Å². The van der Waals surface area contributed by atoms with Gasteiger partial charge in [-0.1, -0.05) is 24.3 Å². The third kappa shape index (κ3) is 4.76. The van der Waals surface area contributed by atoms with Gasteiger partial charge in [0.15, 0.2) is 0 Å². The second-order valence-corrected chi connectivity index (χ2v) is 8.85. The summed E-state index contributed by atoms with van der Waals surface area (Å²) in [5.74, 6) is -0.260. The number of rotatable bonds is 7. The fraction of sp³-hybridized carbons (Fsp3) is 0.333. The average molecular weight is 456 g/mol. The molecular weight excluding hydrogens is 429 g/mol. The molecule has 1 fully saturated rings. The van der Waals surface area contributed by atoms with Crippen molar-refractivity contribution in [2.45, 2.75) is 19.4 Å². The zero-order chi connectivity index (χ0) is 22.5. The molecule has 0 bridgehead atoms. The Hall–Kier alpha value is -2.97. The quantitative estimate of drug-likeness (QED) is 0.571. The van der Waals surface area contributed by atoms with Gasteiger partial charge >= 0.3 is 0 Å². The molecule has 0 aliphatic carbocycles. The fourth-order valence-corrected chi connectivity index (χ4v) is 5.20. The summed E-state index contributed by atoms with van der Waals surface area (Å²) < 4.78 is 21.3. The van der Waals surface area contributed by atoms with Gasteiger partial charge in [-0.3, -0.25) is 9.59 Å². The summed E-state index contributed by atoms with van der Waals surface area (Å²) in [4.78, 5) is 28.1. The number of ether oxygens (including phenoxy) is 1. The highest BCUT2D eigenvalue weighted by Crippen LogP contribution is 2.35. The van der Waals surface area contributed by atoms with Crippen LogP contribution in [0.2, 0.25) is 0 Å². The van der Waals surface area contributed by atoms with Crippen LogP contribution in [0.5, 0.6) is 5.75 Å². The van der Waals surface area contributed by atoms with Gasteiger partial charge in [-0.05, 0) is 37.1 Å². The summed E-state index contributed by atoms with van der Waals surface area (Å²) in [7, 11) is 0. The molecule has 6 nitrogen and oxygen atoms in total. The molecule has 0 spiro atoms. The molecule has 2 heterocycles. The Morgan fingerprint density at radius 3 is 2.78 bits per heavy atom. The molecule has 3 aromatic rings. The minimum Gasteiger partial charge on any atom is -0.489 e. The van der Waals surface area contributed by atoms with Gasteiger partial charge in [0.1, 0.15) is 18.2 Å². The first kappa shape index (κ1) is 22.2. The molecule has 1 unspecified atom stereocenters. The zero-order valence-electron chi connectivity index (χ0n) is 17.7. The molecule has 0 radical (unpaired) electrons. The van der Waals surface area contributed by atoms with Gasteiger partial charge in [0.25, 0.3) is 5.91 Å². The number of benzene rings is 2. The van der Waals surface area contributed by atoms with Gasteiger partial charge < -0.3 is 20.7 Å². The zero-order valence-corrected chi connectivity index (χ0v) is 18.5. The number of likely N-dealkylation sites (tertiary alicyclic amines) is 1. The molecule has 2 amide bonds. The smallest absolute Gasteiger partial charge is 0.264 e. The Labute approximate surface area is 190 Å². The Bertz CT molecular complexity index is 1100. The van der Waals surface area contributed by atoms with Crippen LogP contribution in [0.15, 0.2) is 48.5 Å². The van der Waals surface area contributed by atoms with E-state index < -0.39 is 0 Å². The van der Waals surface area contributed by atoms with Crippen LogP contribution >= 0.6 is 11.3 Å². The van der Waals surface area contributed by atoms with Crippen LogP contribution in [0.3, 0.4) is 0 Å². The largest absolute Gasteiger partial charge is 0.489 e. The second-order valence-electron chi connectivity index (χ2n) is 7.79. The lowest BCUT2D eigenvalue weighted by Crippen LogP contribution is -2.46. The molecule has 1 atom stereocenters. The predicted molar refractivity (Wildman–Crippen MR) is 123 cm³/mol. The number of carbonyl (C=O) groups is 2. The number of piperidine rings is 1. The van der Waals surface area contributed by atoms with E-state index in [1.807, 2.05) is 36.4 Å². The summed E-state index contributed by atoms with van der Waals surface area (Å²) in [6, 6.07) is 14.1. The van der Waals surface area contributed by atoms with Crippen molar-refractivity contribution in [1.82, 2.24) is 10.2 Å². The highest BCUT2D eigenvalue weighted by molar-refractivity contribution is 7.21. The van der Waals surface area contributed by atoms with E-state index in [9.17, 15) is 14.0 Å². The van der Waals surface area contributed by atoms with Crippen LogP contribution in [-0.4, -0.2) is 42.9 Å². The number of nitrogens with two attached hydrogens (primary N) is 1. The maximum atomic E-state index is 14.7. The van der Waals surface area contributed by atoms with Gasteiger partial charge in [-0.2, -0.15) is 0 Å². The maximum absolute atomic E-state index is 14.7. The van der Waals surface area contributed by atoms with Crippen molar-refractivity contribution in [2.24, 2.45) is 11.7 Å². The summed E-state index contributed by atoms with van der Waals surface area (Å²) in [5, 5.41) is 3.23. The number of nitrogens with one attached hydrogen (secondary N) is 1. The number of carbonyl (C=O) groups excluding carboxylic acids is 2. The predicted octanol–water partition coefficient (Wildman–Crippen LogP) is 3.55. The van der Waals surface area contributed by atoms with E-state index in [2.05, 4.69) is 5.32 Å². The lowest BCUT2D eigenvalue weighted by atomic mass is 9.96. The van der Waals surface area contributed by atoms with E-state index in [1.54, 1.807) is 11.0 Å². The molecule has 4 rings (SSSR count). The summed E-state index contributed by atoms with van der Waals surface area (Å²) >= 11 is 1.27. The van der Waals surface area contributed by atoms with Crippen molar-refractivity contribution >= 4 is 33.2 Å². The van der Waals surface area contributed by atoms with E-state index in [0.717, 1.165) is 12.8 Å². The molecule has 1 saturated heterocycles. The van der Waals surface area contributed by atoms with Gasteiger partial charge in [0, 0.05) is 41.8 Å². The molecule has 0 saturated carbocycles. The number of fused-ring (bicyclic) bond motifs is 1. The number of para-hydroxylation sites is 1. The highest BCUT2D eigenvalue weighted by Gasteiger charge is 2.31. The van der Waals surface area contributed by atoms with E-state index >= 15 is 0 Å². The van der Waals surface area contributed by atoms with Crippen LogP contribution in [0.1, 0.15) is 28.1 Å². The Morgan fingerprint density at radius 1 is 1.19 bits per heavy atom. The molecule has 1 aliphatic heterocycles. The maximum Gasteiger partial charge on any atom is 0.264 e. The molecule has 32 heavy (non-hydrogen) atoms. The van der Waals surface area contributed by atoms with E-state index in [4.69, 9.17) is 10.5 Å². The Morgan fingerprint density at radius 2 is 2.00 bits per heavy atom. The van der Waals surface area contributed by atoms with Crippen molar-refractivity contribution < 1.29 is 18.7 Å². The monoisotopic (exact) mass is 455 g/mol. The number of hydrogen-bond donors (Lipinski definition) is 2. The molecule has 1 aliphatic rings. The number of nitrogens with zero attached hydrogens (tertiary/aromatic N) is 1. The molecule has 3 N–H and O–H groups in total. The van der Waals surface area contributed by atoms with Crippen molar-refractivity contribution in [2.75, 3.05) is 26.2 Å². The number of halogens is 1. The minimum absolute atomic E-state index is 0.0806. The molecule has 168 valence electrons. The first-order valence-electron chi connectivity index (χ1n) is 10.7. The topological polar surface area (TPSA) is 84.7 Å². The van der Waals surface area contributed by atoms with E-state index in [0.29, 0.717) is 52.5 Å². The molecule has 8 heteroatoms. The van der Waals surface area contributed by atoms with Crippen LogP contribution < -0.4 is 15.8 Å². The van der Waals surface area contributed by atoms with Crippen LogP contribution in [0, 0.1) is 11.7 Å². The van der Waals surface area contributed by atoms with Crippen molar-refractivity contribution in [3.63, 3.8) is 0 Å². The minimum atomic E-state index is -0.373. The number of amides is 2. The van der Waals surface area contributed by atoms with Gasteiger partial charge in [-0.25, -0.2) is 4.39 Å². The van der Waals surface area contributed by atoms with Crippen LogP contribution in [-0.2, 0) is 11.4 Å². The average Bonchev–Trinajstić information content (AvgIpc) is 3.21. The van der Waals surface area contributed by atoms with Crippen LogP contribution in [0.4, 0.5) is 4.39 Å². The highest BCUT2D eigenvalue weighted by atomic mass is 32.1. The molecular formula is C24H26FN3O3S. The number of hydrogen-bond acceptors (Lipinski definition) is 5. The third-order valence-electron chi connectivity index (χ3n) is 5.61. The normalized spacial score (nSPS) is 16.2. The molecule has 2 aromatic carbocycles. The second kappa shape index (κ2) is 10.1. The van der Waals surface area contributed by atoms with Gasteiger partial charge in [0.05, 0.1) is 10.8 Å². The first-order valence-corrected chi connectivity index (χ1v) is 11.5. The summed E-state index contributed by atoms with van der Waals surface area (Å²) in [6.07, 6.45) is 1.47. The van der Waals surface area contributed by atoms with Crippen LogP contribution in [0.25, 0.3) is 10.1 Å². The van der Waals surface area contributed by atoms with Crippen molar-refractivity contribution in [3.05, 3.63) is 64.8 Å². The fourth-order valence-electron chi connectivity index (χ4n) is 4.01. The first-order chi connectivity index (χ1) is 15.6. The lowest BCUT2D eigenvalue weighted by molar-refractivity contribution is -0.126. The third-order valence-corrected chi connectivity index (χ3v) is 6.79. The standard InChI is InChI=1S/C24H26FN3O3S/c25-19-9-4-10-20-21(19)18(15-31-17-7-2-1-3-8-17)22(32-20)24(30)28-13-5-6-16(14-28)23(29)27-12-11-26/h1-4,7-10,16H,5-6,11-15,26H2,(H,27,29). The lowest BCUT2D eigenvalue weighted by Gasteiger charge is -2.32. The Balaban J connectivity index is 1.60. The van der Waals surface area contributed by atoms with Crippen molar-refractivity contribution in [1.29, 1.82) is 0 Å². The van der Waals surface area contributed by atoms with E-state index in [-0.39, 0.29) is 30.2 Å². The summed E-state index contributed by atoms with van der Waals surface area (Å²) in [5.41, 5.74) is 6.02.